The number of benzene rings is 1. The van der Waals surface area contributed by atoms with Crippen LogP contribution in [-0.4, -0.2) is 26.9 Å². The van der Waals surface area contributed by atoms with E-state index in [-0.39, 0.29) is 0 Å². The van der Waals surface area contributed by atoms with Crippen LogP contribution in [0.1, 0.15) is 18.9 Å². The van der Waals surface area contributed by atoms with Crippen LogP contribution in [0.25, 0.3) is 0 Å². The molecule has 0 spiro atoms. The molecule has 1 rings (SSSR count). The Morgan fingerprint density at radius 3 is 2.50 bits per heavy atom. The summed E-state index contributed by atoms with van der Waals surface area (Å²) in [7, 11) is 1.94. The fraction of sp³-hybridized carbons (Fsp3) is 0.467. The molecule has 18 heavy (non-hydrogen) atoms. The Hall–Kier alpha value is -1.32. The Kier molecular flexibility index (Phi) is 7.14. The summed E-state index contributed by atoms with van der Waals surface area (Å²) in [5.74, 6) is 0.887. The standard InChI is InChI=1S/C15H23NO2/c1-13(2)8-9-17-10-11-18-15-6-4-14(5-7-15)12-16-3/h4-7,16H,1,8-12H2,2-3H3. The normalized spacial score (nSPS) is 10.3. The average Bonchev–Trinajstić information content (AvgIpc) is 2.35. The van der Waals surface area contributed by atoms with Gasteiger partial charge in [0.1, 0.15) is 12.4 Å². The Bertz CT molecular complexity index is 346. The summed E-state index contributed by atoms with van der Waals surface area (Å²) in [6.07, 6.45) is 0.915. The van der Waals surface area contributed by atoms with E-state index in [4.69, 9.17) is 9.47 Å². The molecule has 0 aliphatic carbocycles. The molecular weight excluding hydrogens is 226 g/mol. The van der Waals surface area contributed by atoms with Gasteiger partial charge in [-0.05, 0) is 38.1 Å². The first-order chi connectivity index (χ1) is 8.72. The predicted octanol–water partition coefficient (Wildman–Crippen LogP) is 2.77. The van der Waals surface area contributed by atoms with Crippen molar-refractivity contribution in [3.05, 3.63) is 42.0 Å². The topological polar surface area (TPSA) is 30.5 Å². The summed E-state index contributed by atoms with van der Waals surface area (Å²) in [5.41, 5.74) is 2.40. The molecule has 3 nitrogen and oxygen atoms in total. The summed E-state index contributed by atoms with van der Waals surface area (Å²) in [5, 5.41) is 3.11. The molecule has 0 radical (unpaired) electrons. The summed E-state index contributed by atoms with van der Waals surface area (Å²) in [6.45, 7) is 8.64. The van der Waals surface area contributed by atoms with Crippen LogP contribution >= 0.6 is 0 Å². The lowest BCUT2D eigenvalue weighted by molar-refractivity contribution is 0.102. The van der Waals surface area contributed by atoms with Gasteiger partial charge < -0.3 is 14.8 Å². The van der Waals surface area contributed by atoms with Crippen LogP contribution in [0.3, 0.4) is 0 Å². The molecule has 0 heterocycles. The first-order valence-electron chi connectivity index (χ1n) is 6.31. The van der Waals surface area contributed by atoms with Gasteiger partial charge in [0.05, 0.1) is 13.2 Å². The van der Waals surface area contributed by atoms with E-state index in [1.54, 1.807) is 0 Å². The number of ether oxygens (including phenoxy) is 2. The lowest BCUT2D eigenvalue weighted by Crippen LogP contribution is -2.08. The lowest BCUT2D eigenvalue weighted by atomic mass is 10.2. The minimum absolute atomic E-state index is 0.585. The quantitative estimate of drug-likeness (QED) is 0.539. The molecule has 3 heteroatoms. The van der Waals surface area contributed by atoms with Crippen molar-refractivity contribution in [1.29, 1.82) is 0 Å². The summed E-state index contributed by atoms with van der Waals surface area (Å²) < 4.78 is 11.0. The summed E-state index contributed by atoms with van der Waals surface area (Å²) >= 11 is 0. The minimum atomic E-state index is 0.585. The van der Waals surface area contributed by atoms with E-state index in [9.17, 15) is 0 Å². The third-order valence-electron chi connectivity index (χ3n) is 2.47. The minimum Gasteiger partial charge on any atom is -0.491 e. The zero-order valence-corrected chi connectivity index (χ0v) is 11.4. The van der Waals surface area contributed by atoms with E-state index >= 15 is 0 Å². The molecule has 0 bridgehead atoms. The molecule has 0 aliphatic rings. The third kappa shape index (κ3) is 6.42. The van der Waals surface area contributed by atoms with E-state index in [0.717, 1.165) is 30.9 Å². The van der Waals surface area contributed by atoms with E-state index < -0.39 is 0 Å². The van der Waals surface area contributed by atoms with Crippen molar-refractivity contribution < 1.29 is 9.47 Å². The maximum Gasteiger partial charge on any atom is 0.119 e. The number of hydrogen-bond acceptors (Lipinski definition) is 3. The van der Waals surface area contributed by atoms with Crippen molar-refractivity contribution in [1.82, 2.24) is 5.32 Å². The maximum atomic E-state index is 5.58. The van der Waals surface area contributed by atoms with E-state index in [1.807, 2.05) is 26.1 Å². The number of hydrogen-bond donors (Lipinski definition) is 1. The summed E-state index contributed by atoms with van der Waals surface area (Å²) in [6, 6.07) is 8.10. The fourth-order valence-electron chi connectivity index (χ4n) is 1.47. The van der Waals surface area contributed by atoms with Crippen LogP contribution in [0.4, 0.5) is 0 Å². The van der Waals surface area contributed by atoms with Gasteiger partial charge in [0.2, 0.25) is 0 Å². The highest BCUT2D eigenvalue weighted by Gasteiger charge is 1.95. The maximum absolute atomic E-state index is 5.58. The highest BCUT2D eigenvalue weighted by atomic mass is 16.5. The molecule has 0 atom stereocenters. The van der Waals surface area contributed by atoms with Crippen LogP contribution in [0.15, 0.2) is 36.4 Å². The van der Waals surface area contributed by atoms with Gasteiger partial charge in [-0.1, -0.05) is 17.7 Å². The van der Waals surface area contributed by atoms with E-state index in [1.165, 1.54) is 5.56 Å². The van der Waals surface area contributed by atoms with Crippen molar-refractivity contribution in [2.45, 2.75) is 19.9 Å². The van der Waals surface area contributed by atoms with Crippen LogP contribution in [0.2, 0.25) is 0 Å². The van der Waals surface area contributed by atoms with Crippen LogP contribution in [0.5, 0.6) is 5.75 Å². The lowest BCUT2D eigenvalue weighted by Gasteiger charge is -2.08. The van der Waals surface area contributed by atoms with E-state index in [0.29, 0.717) is 13.2 Å². The largest absolute Gasteiger partial charge is 0.491 e. The Morgan fingerprint density at radius 1 is 1.17 bits per heavy atom. The molecule has 0 saturated heterocycles. The molecular formula is C15H23NO2. The first kappa shape index (κ1) is 14.7. The predicted molar refractivity (Wildman–Crippen MR) is 75.0 cm³/mol. The molecule has 0 aliphatic heterocycles. The van der Waals surface area contributed by atoms with Crippen LogP contribution in [-0.2, 0) is 11.3 Å². The first-order valence-corrected chi connectivity index (χ1v) is 6.31. The second-order valence-electron chi connectivity index (χ2n) is 4.34. The van der Waals surface area contributed by atoms with Gasteiger partial charge in [-0.25, -0.2) is 0 Å². The van der Waals surface area contributed by atoms with Crippen molar-refractivity contribution in [3.8, 4) is 5.75 Å². The van der Waals surface area contributed by atoms with Crippen LogP contribution < -0.4 is 10.1 Å². The van der Waals surface area contributed by atoms with Gasteiger partial charge in [0.15, 0.2) is 0 Å². The van der Waals surface area contributed by atoms with Gasteiger partial charge in [-0.2, -0.15) is 0 Å². The molecule has 0 fully saturated rings. The van der Waals surface area contributed by atoms with Gasteiger partial charge >= 0.3 is 0 Å². The van der Waals surface area contributed by atoms with Crippen molar-refractivity contribution in [3.63, 3.8) is 0 Å². The number of nitrogens with one attached hydrogen (secondary N) is 1. The molecule has 0 saturated carbocycles. The molecule has 0 unspecified atom stereocenters. The summed E-state index contributed by atoms with van der Waals surface area (Å²) in [4.78, 5) is 0. The Labute approximate surface area is 110 Å². The molecule has 1 aromatic carbocycles. The van der Waals surface area contributed by atoms with Crippen molar-refractivity contribution in [2.75, 3.05) is 26.9 Å². The zero-order valence-electron chi connectivity index (χ0n) is 11.4. The molecule has 1 N–H and O–H groups in total. The fourth-order valence-corrected chi connectivity index (χ4v) is 1.47. The highest BCUT2D eigenvalue weighted by Crippen LogP contribution is 2.11. The number of rotatable bonds is 9. The van der Waals surface area contributed by atoms with Gasteiger partial charge in [0, 0.05) is 6.54 Å². The SMILES string of the molecule is C=C(C)CCOCCOc1ccc(CNC)cc1. The smallest absolute Gasteiger partial charge is 0.119 e. The molecule has 1 aromatic rings. The van der Waals surface area contributed by atoms with Crippen LogP contribution in [0, 0.1) is 0 Å². The van der Waals surface area contributed by atoms with Crippen molar-refractivity contribution in [2.24, 2.45) is 0 Å². The zero-order chi connectivity index (χ0) is 13.2. The van der Waals surface area contributed by atoms with Gasteiger partial charge in [-0.3, -0.25) is 0 Å². The molecule has 0 aromatic heterocycles. The van der Waals surface area contributed by atoms with Gasteiger partial charge in [-0.15, -0.1) is 6.58 Å². The second kappa shape index (κ2) is 8.72. The van der Waals surface area contributed by atoms with Gasteiger partial charge in [0.25, 0.3) is 0 Å². The Morgan fingerprint density at radius 2 is 1.89 bits per heavy atom. The van der Waals surface area contributed by atoms with Crippen molar-refractivity contribution >= 4 is 0 Å². The highest BCUT2D eigenvalue weighted by molar-refractivity contribution is 5.27. The Balaban J connectivity index is 2.13. The van der Waals surface area contributed by atoms with E-state index in [2.05, 4.69) is 24.0 Å². The molecule has 0 amide bonds. The average molecular weight is 249 g/mol. The third-order valence-corrected chi connectivity index (χ3v) is 2.47. The monoisotopic (exact) mass is 249 g/mol. The second-order valence-corrected chi connectivity index (χ2v) is 4.34. The molecule has 100 valence electrons.